The maximum absolute atomic E-state index is 9.01. The summed E-state index contributed by atoms with van der Waals surface area (Å²) in [5.74, 6) is 1.62. The van der Waals surface area contributed by atoms with Gasteiger partial charge in [0.15, 0.2) is 17.8 Å². The summed E-state index contributed by atoms with van der Waals surface area (Å²) in [5.41, 5.74) is 0.147. The fraction of sp³-hybridized carbons (Fsp3) is 0.583. The van der Waals surface area contributed by atoms with Gasteiger partial charge in [0.2, 0.25) is 0 Å². The number of aliphatic hydroxyl groups excluding tert-OH is 1. The molecule has 1 heterocycles. The maximum atomic E-state index is 9.01. The van der Waals surface area contributed by atoms with Gasteiger partial charge < -0.3 is 19.7 Å². The smallest absolute Gasteiger partial charge is 0.196 e. The Bertz CT molecular complexity index is 390. The van der Waals surface area contributed by atoms with Crippen molar-refractivity contribution in [2.24, 2.45) is 5.92 Å². The summed E-state index contributed by atoms with van der Waals surface area (Å²) in [7, 11) is 1.51. The molecule has 0 spiro atoms. The van der Waals surface area contributed by atoms with E-state index in [1.165, 1.54) is 32.2 Å². The SMILES string of the molecule is COc1cc(C(O)O)ncc1O[C@@H](C)C1CC1. The summed E-state index contributed by atoms with van der Waals surface area (Å²) < 4.78 is 10.9. The first-order chi connectivity index (χ1) is 8.11. The molecule has 0 bridgehead atoms. The van der Waals surface area contributed by atoms with E-state index in [0.29, 0.717) is 17.4 Å². The summed E-state index contributed by atoms with van der Waals surface area (Å²) in [6.45, 7) is 2.02. The molecule has 1 atom stereocenters. The molecule has 0 aliphatic heterocycles. The van der Waals surface area contributed by atoms with Crippen LogP contribution in [0.25, 0.3) is 0 Å². The zero-order chi connectivity index (χ0) is 12.4. The van der Waals surface area contributed by atoms with Crippen molar-refractivity contribution >= 4 is 0 Å². The normalized spacial score (nSPS) is 17.0. The van der Waals surface area contributed by atoms with Crippen LogP contribution < -0.4 is 9.47 Å². The van der Waals surface area contributed by atoms with Crippen LogP contribution in [-0.2, 0) is 0 Å². The van der Waals surface area contributed by atoms with Gasteiger partial charge in [0.1, 0.15) is 0 Å². The van der Waals surface area contributed by atoms with Crippen LogP contribution in [0.2, 0.25) is 0 Å². The van der Waals surface area contributed by atoms with Crippen molar-refractivity contribution in [1.82, 2.24) is 4.98 Å². The Kier molecular flexibility index (Phi) is 3.49. The van der Waals surface area contributed by atoms with E-state index in [4.69, 9.17) is 19.7 Å². The molecule has 0 amide bonds. The van der Waals surface area contributed by atoms with Crippen molar-refractivity contribution in [1.29, 1.82) is 0 Å². The van der Waals surface area contributed by atoms with Gasteiger partial charge in [-0.2, -0.15) is 0 Å². The first-order valence-electron chi connectivity index (χ1n) is 5.68. The average molecular weight is 239 g/mol. The minimum absolute atomic E-state index is 0.135. The zero-order valence-electron chi connectivity index (χ0n) is 9.96. The molecule has 0 unspecified atom stereocenters. The fourth-order valence-electron chi connectivity index (χ4n) is 1.69. The highest BCUT2D eigenvalue weighted by Gasteiger charge is 2.30. The second-order valence-electron chi connectivity index (χ2n) is 4.29. The predicted molar refractivity (Wildman–Crippen MR) is 60.8 cm³/mol. The summed E-state index contributed by atoms with van der Waals surface area (Å²) in [6.07, 6.45) is 2.40. The van der Waals surface area contributed by atoms with Crippen LogP contribution in [0.4, 0.5) is 0 Å². The molecule has 1 aliphatic rings. The van der Waals surface area contributed by atoms with Gasteiger partial charge in [-0.15, -0.1) is 0 Å². The lowest BCUT2D eigenvalue weighted by atomic mass is 10.2. The molecule has 2 N–H and O–H groups in total. The third-order valence-corrected chi connectivity index (χ3v) is 2.94. The summed E-state index contributed by atoms with van der Waals surface area (Å²) in [4.78, 5) is 3.91. The van der Waals surface area contributed by atoms with Crippen molar-refractivity contribution in [2.75, 3.05) is 7.11 Å². The number of pyridine rings is 1. The molecule has 1 aliphatic carbocycles. The van der Waals surface area contributed by atoms with E-state index < -0.39 is 6.29 Å². The first kappa shape index (κ1) is 12.1. The van der Waals surface area contributed by atoms with E-state index in [9.17, 15) is 0 Å². The maximum Gasteiger partial charge on any atom is 0.196 e. The standard InChI is InChI=1S/C12H17NO4/c1-7(8-3-4-8)17-11-6-13-9(12(14)15)5-10(11)16-2/h5-8,12,14-15H,3-4H2,1-2H3/t7-/m0/s1. The Hall–Kier alpha value is -1.33. The molecule has 0 radical (unpaired) electrons. The van der Waals surface area contributed by atoms with E-state index >= 15 is 0 Å². The number of ether oxygens (including phenoxy) is 2. The van der Waals surface area contributed by atoms with E-state index in [1.807, 2.05) is 6.92 Å². The molecule has 2 rings (SSSR count). The van der Waals surface area contributed by atoms with E-state index in [2.05, 4.69) is 4.98 Å². The highest BCUT2D eigenvalue weighted by molar-refractivity contribution is 5.39. The van der Waals surface area contributed by atoms with Crippen LogP contribution in [-0.4, -0.2) is 28.4 Å². The van der Waals surface area contributed by atoms with E-state index in [1.54, 1.807) is 0 Å². The fourth-order valence-corrected chi connectivity index (χ4v) is 1.69. The van der Waals surface area contributed by atoms with Crippen molar-refractivity contribution in [2.45, 2.75) is 32.2 Å². The van der Waals surface area contributed by atoms with Crippen LogP contribution in [0.1, 0.15) is 31.7 Å². The first-order valence-corrected chi connectivity index (χ1v) is 5.68. The largest absolute Gasteiger partial charge is 0.493 e. The van der Waals surface area contributed by atoms with Gasteiger partial charge in [-0.3, -0.25) is 4.98 Å². The molecule has 1 aromatic heterocycles. The van der Waals surface area contributed by atoms with Crippen LogP contribution >= 0.6 is 0 Å². The quantitative estimate of drug-likeness (QED) is 0.757. The minimum Gasteiger partial charge on any atom is -0.493 e. The highest BCUT2D eigenvalue weighted by atomic mass is 16.5. The van der Waals surface area contributed by atoms with E-state index in [0.717, 1.165) is 0 Å². The van der Waals surface area contributed by atoms with Crippen LogP contribution in [0, 0.1) is 5.92 Å². The topological polar surface area (TPSA) is 71.8 Å². The number of aromatic nitrogens is 1. The lowest BCUT2D eigenvalue weighted by Crippen LogP contribution is -2.15. The Labute approximate surface area is 100 Å². The molecule has 1 saturated carbocycles. The molecule has 0 saturated heterocycles. The Balaban J connectivity index is 2.15. The molecule has 94 valence electrons. The van der Waals surface area contributed by atoms with Crippen LogP contribution in [0.5, 0.6) is 11.5 Å². The third-order valence-electron chi connectivity index (χ3n) is 2.94. The van der Waals surface area contributed by atoms with Crippen LogP contribution in [0.15, 0.2) is 12.3 Å². The van der Waals surface area contributed by atoms with Gasteiger partial charge in [0.25, 0.3) is 0 Å². The number of hydrogen-bond donors (Lipinski definition) is 2. The number of hydrogen-bond acceptors (Lipinski definition) is 5. The van der Waals surface area contributed by atoms with Gasteiger partial charge in [-0.25, -0.2) is 0 Å². The molecular weight excluding hydrogens is 222 g/mol. The van der Waals surface area contributed by atoms with Gasteiger partial charge in [0, 0.05) is 6.07 Å². The monoisotopic (exact) mass is 239 g/mol. The zero-order valence-corrected chi connectivity index (χ0v) is 9.96. The molecule has 5 nitrogen and oxygen atoms in total. The van der Waals surface area contributed by atoms with Crippen molar-refractivity contribution in [3.05, 3.63) is 18.0 Å². The van der Waals surface area contributed by atoms with Crippen molar-refractivity contribution < 1.29 is 19.7 Å². The van der Waals surface area contributed by atoms with Crippen LogP contribution in [0.3, 0.4) is 0 Å². The summed E-state index contributed by atoms with van der Waals surface area (Å²) in [5, 5.41) is 18.0. The number of nitrogens with zero attached hydrogens (tertiary/aromatic N) is 1. The Morgan fingerprint density at radius 1 is 1.35 bits per heavy atom. The van der Waals surface area contributed by atoms with Crippen molar-refractivity contribution in [3.63, 3.8) is 0 Å². The van der Waals surface area contributed by atoms with Crippen molar-refractivity contribution in [3.8, 4) is 11.5 Å². The van der Waals surface area contributed by atoms with Gasteiger partial charge in [0.05, 0.1) is 25.1 Å². The number of methoxy groups -OCH3 is 1. The lowest BCUT2D eigenvalue weighted by molar-refractivity contribution is -0.0460. The number of rotatable bonds is 5. The summed E-state index contributed by atoms with van der Waals surface area (Å²) in [6, 6.07) is 1.47. The van der Waals surface area contributed by atoms with Gasteiger partial charge in [-0.05, 0) is 25.7 Å². The summed E-state index contributed by atoms with van der Waals surface area (Å²) >= 11 is 0. The second kappa shape index (κ2) is 4.89. The molecular formula is C12H17NO4. The predicted octanol–water partition coefficient (Wildman–Crippen LogP) is 1.25. The highest BCUT2D eigenvalue weighted by Crippen LogP contribution is 2.37. The molecule has 17 heavy (non-hydrogen) atoms. The lowest BCUT2D eigenvalue weighted by Gasteiger charge is -2.16. The Morgan fingerprint density at radius 3 is 2.59 bits per heavy atom. The third kappa shape index (κ3) is 2.87. The molecule has 1 aromatic rings. The minimum atomic E-state index is -1.60. The number of aliphatic hydroxyl groups is 2. The molecule has 0 aromatic carbocycles. The second-order valence-corrected chi connectivity index (χ2v) is 4.29. The molecule has 1 fully saturated rings. The molecule has 5 heteroatoms. The Morgan fingerprint density at radius 2 is 2.06 bits per heavy atom. The van der Waals surface area contributed by atoms with E-state index in [-0.39, 0.29) is 11.8 Å². The van der Waals surface area contributed by atoms with Gasteiger partial charge in [-0.1, -0.05) is 0 Å². The van der Waals surface area contributed by atoms with Gasteiger partial charge >= 0.3 is 0 Å². The average Bonchev–Trinajstić information content (AvgIpc) is 3.13.